The van der Waals surface area contributed by atoms with Crippen LogP contribution in [0.5, 0.6) is 5.75 Å². The molecule has 1 N–H and O–H groups in total. The van der Waals surface area contributed by atoms with Gasteiger partial charge in [-0.3, -0.25) is 10.1 Å². The Balaban J connectivity index is 1.64. The average Bonchev–Trinajstić information content (AvgIpc) is 3.00. The van der Waals surface area contributed by atoms with Crippen LogP contribution in [-0.4, -0.2) is 17.5 Å². The molecule has 0 aliphatic rings. The second-order valence-electron chi connectivity index (χ2n) is 5.85. The quantitative estimate of drug-likeness (QED) is 0.621. The molecule has 0 aliphatic carbocycles. The minimum Gasteiger partial charge on any atom is -0.484 e. The first kappa shape index (κ1) is 17.7. The molecule has 0 fully saturated rings. The van der Waals surface area contributed by atoms with E-state index in [2.05, 4.69) is 36.3 Å². The highest BCUT2D eigenvalue weighted by molar-refractivity contribution is 7.22. The van der Waals surface area contributed by atoms with Gasteiger partial charge in [0.15, 0.2) is 11.7 Å². The van der Waals surface area contributed by atoms with Gasteiger partial charge in [-0.05, 0) is 48.2 Å². The lowest BCUT2D eigenvalue weighted by Gasteiger charge is -2.07. The van der Waals surface area contributed by atoms with Crippen molar-refractivity contribution in [3.05, 3.63) is 53.1 Å². The Kier molecular flexibility index (Phi) is 5.56. The normalized spacial score (nSPS) is 12.1. The number of rotatable bonds is 6. The number of ether oxygens (including phenoxy) is 1. The van der Waals surface area contributed by atoms with Crippen molar-refractivity contribution >= 4 is 44.2 Å². The molecule has 6 heteroatoms. The number of halogens is 1. The molecular weight excluding hydrogens is 356 g/mol. The van der Waals surface area contributed by atoms with E-state index in [4.69, 9.17) is 16.3 Å². The molecule has 0 saturated carbocycles. The number of nitrogens with one attached hydrogen (secondary N) is 1. The minimum atomic E-state index is -0.249. The second kappa shape index (κ2) is 7.85. The van der Waals surface area contributed by atoms with Gasteiger partial charge in [-0.2, -0.15) is 0 Å². The van der Waals surface area contributed by atoms with Gasteiger partial charge in [-0.1, -0.05) is 48.9 Å². The maximum atomic E-state index is 12.1. The Bertz CT molecular complexity index is 894. The molecular formula is C19H19ClN2O2S. The summed E-state index contributed by atoms with van der Waals surface area (Å²) in [5.41, 5.74) is 2.18. The van der Waals surface area contributed by atoms with Gasteiger partial charge in [0, 0.05) is 5.02 Å². The standard InChI is InChI=1S/C19H19ClN2O2S/c1-3-12(2)13-7-8-16-17(9-13)25-19(21-16)22-18(23)11-24-15-6-4-5-14(20)10-15/h4-10,12H,3,11H2,1-2H3,(H,21,22,23). The van der Waals surface area contributed by atoms with Gasteiger partial charge in [0.25, 0.3) is 5.91 Å². The third-order valence-corrected chi connectivity index (χ3v) is 5.17. The molecule has 1 atom stereocenters. The maximum absolute atomic E-state index is 12.1. The number of aromatic nitrogens is 1. The molecule has 1 heterocycles. The molecule has 1 aromatic heterocycles. The minimum absolute atomic E-state index is 0.0889. The fourth-order valence-electron chi connectivity index (χ4n) is 2.40. The van der Waals surface area contributed by atoms with Crippen molar-refractivity contribution in [3.8, 4) is 5.75 Å². The Labute approximate surface area is 155 Å². The van der Waals surface area contributed by atoms with Gasteiger partial charge in [-0.15, -0.1) is 0 Å². The molecule has 25 heavy (non-hydrogen) atoms. The SMILES string of the molecule is CCC(C)c1ccc2nc(NC(=O)COc3cccc(Cl)c3)sc2c1. The van der Waals surface area contributed by atoms with E-state index in [0.717, 1.165) is 16.6 Å². The van der Waals surface area contributed by atoms with E-state index in [1.54, 1.807) is 24.3 Å². The van der Waals surface area contributed by atoms with Crippen LogP contribution in [0.4, 0.5) is 5.13 Å². The summed E-state index contributed by atoms with van der Waals surface area (Å²) < 4.78 is 6.51. The van der Waals surface area contributed by atoms with Crippen LogP contribution >= 0.6 is 22.9 Å². The molecule has 4 nitrogen and oxygen atoms in total. The zero-order chi connectivity index (χ0) is 17.8. The van der Waals surface area contributed by atoms with Crippen LogP contribution in [0.25, 0.3) is 10.2 Å². The first-order valence-electron chi connectivity index (χ1n) is 8.14. The molecule has 3 rings (SSSR count). The number of carbonyl (C=O) groups excluding carboxylic acids is 1. The fraction of sp³-hybridized carbons (Fsp3) is 0.263. The van der Waals surface area contributed by atoms with Crippen LogP contribution in [0.1, 0.15) is 31.7 Å². The Morgan fingerprint density at radius 1 is 1.32 bits per heavy atom. The second-order valence-corrected chi connectivity index (χ2v) is 7.32. The molecule has 0 saturated heterocycles. The van der Waals surface area contributed by atoms with Crippen molar-refractivity contribution in [2.75, 3.05) is 11.9 Å². The van der Waals surface area contributed by atoms with Crippen LogP contribution < -0.4 is 10.1 Å². The predicted octanol–water partition coefficient (Wildman–Crippen LogP) is 5.48. The van der Waals surface area contributed by atoms with Crippen molar-refractivity contribution in [1.29, 1.82) is 0 Å². The van der Waals surface area contributed by atoms with Gasteiger partial charge in [0.2, 0.25) is 0 Å². The van der Waals surface area contributed by atoms with E-state index in [-0.39, 0.29) is 12.5 Å². The third-order valence-electron chi connectivity index (χ3n) is 4.01. The highest BCUT2D eigenvalue weighted by atomic mass is 35.5. The molecule has 1 amide bonds. The van der Waals surface area contributed by atoms with E-state index in [9.17, 15) is 4.79 Å². The van der Waals surface area contributed by atoms with Crippen molar-refractivity contribution < 1.29 is 9.53 Å². The van der Waals surface area contributed by atoms with E-state index in [0.29, 0.717) is 21.8 Å². The van der Waals surface area contributed by atoms with Crippen molar-refractivity contribution in [2.24, 2.45) is 0 Å². The van der Waals surface area contributed by atoms with Gasteiger partial charge in [-0.25, -0.2) is 4.98 Å². The number of benzene rings is 2. The lowest BCUT2D eigenvalue weighted by Crippen LogP contribution is -2.19. The van der Waals surface area contributed by atoms with Crippen LogP contribution in [0.3, 0.4) is 0 Å². The lowest BCUT2D eigenvalue weighted by atomic mass is 9.99. The van der Waals surface area contributed by atoms with Crippen molar-refractivity contribution in [1.82, 2.24) is 4.98 Å². The Morgan fingerprint density at radius 3 is 2.92 bits per heavy atom. The van der Waals surface area contributed by atoms with E-state index in [1.165, 1.54) is 16.9 Å². The lowest BCUT2D eigenvalue weighted by molar-refractivity contribution is -0.118. The molecule has 0 aliphatic heterocycles. The summed E-state index contributed by atoms with van der Waals surface area (Å²) in [4.78, 5) is 16.5. The summed E-state index contributed by atoms with van der Waals surface area (Å²) in [6.07, 6.45) is 1.09. The van der Waals surface area contributed by atoms with Crippen LogP contribution in [0, 0.1) is 0 Å². The summed E-state index contributed by atoms with van der Waals surface area (Å²) in [5.74, 6) is 0.821. The Morgan fingerprint density at radius 2 is 2.16 bits per heavy atom. The summed E-state index contributed by atoms with van der Waals surface area (Å²) in [6, 6.07) is 13.2. The number of fused-ring (bicyclic) bond motifs is 1. The van der Waals surface area contributed by atoms with Crippen molar-refractivity contribution in [2.45, 2.75) is 26.2 Å². The van der Waals surface area contributed by atoms with Gasteiger partial charge in [0.05, 0.1) is 10.2 Å². The zero-order valence-electron chi connectivity index (χ0n) is 14.1. The molecule has 3 aromatic rings. The molecule has 2 aromatic carbocycles. The molecule has 0 bridgehead atoms. The summed E-state index contributed by atoms with van der Waals surface area (Å²) in [7, 11) is 0. The van der Waals surface area contributed by atoms with Gasteiger partial charge in [0.1, 0.15) is 5.75 Å². The monoisotopic (exact) mass is 374 g/mol. The highest BCUT2D eigenvalue weighted by Gasteiger charge is 2.11. The average molecular weight is 375 g/mol. The number of amides is 1. The number of nitrogens with zero attached hydrogens (tertiary/aromatic N) is 1. The highest BCUT2D eigenvalue weighted by Crippen LogP contribution is 2.30. The molecule has 0 spiro atoms. The summed E-state index contributed by atoms with van der Waals surface area (Å²) in [6.45, 7) is 4.29. The number of hydrogen-bond acceptors (Lipinski definition) is 4. The first-order chi connectivity index (χ1) is 12.0. The fourth-order valence-corrected chi connectivity index (χ4v) is 3.51. The maximum Gasteiger partial charge on any atom is 0.264 e. The molecule has 0 radical (unpaired) electrons. The van der Waals surface area contributed by atoms with E-state index < -0.39 is 0 Å². The molecule has 1 unspecified atom stereocenters. The van der Waals surface area contributed by atoms with Crippen molar-refractivity contribution in [3.63, 3.8) is 0 Å². The summed E-state index contributed by atoms with van der Waals surface area (Å²) >= 11 is 7.36. The predicted molar refractivity (Wildman–Crippen MR) is 104 cm³/mol. The van der Waals surface area contributed by atoms with Crippen LogP contribution in [0.2, 0.25) is 5.02 Å². The smallest absolute Gasteiger partial charge is 0.264 e. The molecule has 130 valence electrons. The van der Waals surface area contributed by atoms with Crippen LogP contribution in [0.15, 0.2) is 42.5 Å². The van der Waals surface area contributed by atoms with E-state index in [1.807, 2.05) is 6.07 Å². The number of anilines is 1. The topological polar surface area (TPSA) is 51.2 Å². The largest absolute Gasteiger partial charge is 0.484 e. The number of carbonyl (C=O) groups is 1. The third kappa shape index (κ3) is 4.50. The van der Waals surface area contributed by atoms with Gasteiger partial charge >= 0.3 is 0 Å². The van der Waals surface area contributed by atoms with E-state index >= 15 is 0 Å². The van der Waals surface area contributed by atoms with Crippen LogP contribution in [-0.2, 0) is 4.79 Å². The Hall–Kier alpha value is -2.11. The number of hydrogen-bond donors (Lipinski definition) is 1. The van der Waals surface area contributed by atoms with Gasteiger partial charge < -0.3 is 4.74 Å². The first-order valence-corrected chi connectivity index (χ1v) is 9.33. The number of thiazole rings is 1. The zero-order valence-corrected chi connectivity index (χ0v) is 15.7. The summed E-state index contributed by atoms with van der Waals surface area (Å²) in [5, 5.41) is 3.94.